The number of amides is 1. The monoisotopic (exact) mass is 308 g/mol. The standard InChI is InChI=1S/C16H12N4O3/c21-15(8-12-10-3-1-2-4-14(10)23-20-12)17-9-5-6-11-13(7-9)19-16(22)18-11/h1-7H,8H2,(H,17,21)(H2,18,19,22). The number of carbonyl (C=O) groups is 1. The number of anilines is 1. The summed E-state index contributed by atoms with van der Waals surface area (Å²) in [6.45, 7) is 0. The fourth-order valence-electron chi connectivity index (χ4n) is 2.53. The van der Waals surface area contributed by atoms with Crippen LogP contribution in [0.3, 0.4) is 0 Å². The van der Waals surface area contributed by atoms with Crippen molar-refractivity contribution in [2.24, 2.45) is 0 Å². The quantitative estimate of drug-likeness (QED) is 0.539. The first-order valence-electron chi connectivity index (χ1n) is 7.04. The van der Waals surface area contributed by atoms with Crippen LogP contribution in [0.4, 0.5) is 5.69 Å². The van der Waals surface area contributed by atoms with Crippen molar-refractivity contribution >= 4 is 33.6 Å². The highest BCUT2D eigenvalue weighted by Gasteiger charge is 2.12. The van der Waals surface area contributed by atoms with Crippen LogP contribution in [0.5, 0.6) is 0 Å². The van der Waals surface area contributed by atoms with Gasteiger partial charge in [-0.1, -0.05) is 17.3 Å². The van der Waals surface area contributed by atoms with Crippen LogP contribution in [0.15, 0.2) is 51.8 Å². The maximum Gasteiger partial charge on any atom is 0.323 e. The molecule has 3 N–H and O–H groups in total. The minimum Gasteiger partial charge on any atom is -0.356 e. The highest BCUT2D eigenvalue weighted by molar-refractivity contribution is 5.96. The SMILES string of the molecule is O=C(Cc1noc2ccccc12)Nc1ccc2[nH]c(=O)[nH]c2c1. The van der Waals surface area contributed by atoms with E-state index in [4.69, 9.17) is 4.52 Å². The first-order valence-corrected chi connectivity index (χ1v) is 7.04. The lowest BCUT2D eigenvalue weighted by Crippen LogP contribution is -2.14. The van der Waals surface area contributed by atoms with E-state index >= 15 is 0 Å². The molecular formula is C16H12N4O3. The van der Waals surface area contributed by atoms with Gasteiger partial charge >= 0.3 is 5.69 Å². The normalized spacial score (nSPS) is 11.1. The summed E-state index contributed by atoms with van der Waals surface area (Å²) >= 11 is 0. The van der Waals surface area contributed by atoms with Crippen LogP contribution in [0.2, 0.25) is 0 Å². The second kappa shape index (κ2) is 5.13. The predicted octanol–water partition coefficient (Wildman–Crippen LogP) is 2.18. The molecule has 0 spiro atoms. The van der Waals surface area contributed by atoms with E-state index in [2.05, 4.69) is 20.4 Å². The predicted molar refractivity (Wildman–Crippen MR) is 85.3 cm³/mol. The molecule has 1 amide bonds. The van der Waals surface area contributed by atoms with Crippen molar-refractivity contribution in [2.75, 3.05) is 5.32 Å². The molecule has 0 radical (unpaired) electrons. The summed E-state index contributed by atoms with van der Waals surface area (Å²) in [5, 5.41) is 7.56. The Hall–Kier alpha value is -3.35. The van der Waals surface area contributed by atoms with Gasteiger partial charge in [0.2, 0.25) is 5.91 Å². The molecule has 0 saturated heterocycles. The summed E-state index contributed by atoms with van der Waals surface area (Å²) in [5.41, 5.74) is 2.90. The number of nitrogens with one attached hydrogen (secondary N) is 3. The third-order valence-electron chi connectivity index (χ3n) is 3.58. The minimum absolute atomic E-state index is 0.110. The number of imidazole rings is 1. The second-order valence-corrected chi connectivity index (χ2v) is 5.19. The fourth-order valence-corrected chi connectivity index (χ4v) is 2.53. The molecule has 0 atom stereocenters. The number of fused-ring (bicyclic) bond motifs is 2. The van der Waals surface area contributed by atoms with E-state index in [1.807, 2.05) is 18.2 Å². The molecule has 0 aliphatic rings. The van der Waals surface area contributed by atoms with E-state index in [1.165, 1.54) is 0 Å². The van der Waals surface area contributed by atoms with Crippen LogP contribution in [0, 0.1) is 0 Å². The largest absolute Gasteiger partial charge is 0.356 e. The molecule has 2 aromatic carbocycles. The van der Waals surface area contributed by atoms with Crippen LogP contribution in [0.1, 0.15) is 5.69 Å². The summed E-state index contributed by atoms with van der Waals surface area (Å²) in [6, 6.07) is 12.6. The molecule has 0 saturated carbocycles. The smallest absolute Gasteiger partial charge is 0.323 e. The molecule has 0 aliphatic heterocycles. The van der Waals surface area contributed by atoms with Gasteiger partial charge in [0.05, 0.1) is 17.5 Å². The average molecular weight is 308 g/mol. The number of aromatic nitrogens is 3. The fraction of sp³-hybridized carbons (Fsp3) is 0.0625. The number of hydrogen-bond acceptors (Lipinski definition) is 4. The highest BCUT2D eigenvalue weighted by Crippen LogP contribution is 2.19. The molecule has 4 rings (SSSR count). The zero-order chi connectivity index (χ0) is 15.8. The van der Waals surface area contributed by atoms with Gasteiger partial charge in [-0.2, -0.15) is 0 Å². The molecule has 2 heterocycles. The van der Waals surface area contributed by atoms with E-state index < -0.39 is 0 Å². The van der Waals surface area contributed by atoms with Crippen LogP contribution >= 0.6 is 0 Å². The van der Waals surface area contributed by atoms with E-state index in [0.717, 1.165) is 5.39 Å². The first kappa shape index (κ1) is 13.3. The van der Waals surface area contributed by atoms with Gasteiger partial charge in [0.15, 0.2) is 5.58 Å². The lowest BCUT2D eigenvalue weighted by Gasteiger charge is -2.04. The second-order valence-electron chi connectivity index (χ2n) is 5.19. The van der Waals surface area contributed by atoms with Gasteiger partial charge in [0.25, 0.3) is 0 Å². The van der Waals surface area contributed by atoms with Crippen molar-refractivity contribution < 1.29 is 9.32 Å². The van der Waals surface area contributed by atoms with Gasteiger partial charge in [-0.3, -0.25) is 4.79 Å². The molecule has 2 aromatic heterocycles. The Morgan fingerprint density at radius 3 is 2.87 bits per heavy atom. The van der Waals surface area contributed by atoms with Crippen LogP contribution in [-0.2, 0) is 11.2 Å². The third-order valence-corrected chi connectivity index (χ3v) is 3.58. The van der Waals surface area contributed by atoms with Crippen LogP contribution in [0.25, 0.3) is 22.0 Å². The maximum atomic E-state index is 12.2. The molecule has 0 fully saturated rings. The van der Waals surface area contributed by atoms with Gasteiger partial charge in [-0.05, 0) is 30.3 Å². The number of H-pyrrole nitrogens is 2. The van der Waals surface area contributed by atoms with Crippen molar-refractivity contribution in [1.82, 2.24) is 15.1 Å². The van der Waals surface area contributed by atoms with Crippen LogP contribution < -0.4 is 11.0 Å². The lowest BCUT2D eigenvalue weighted by atomic mass is 10.1. The Morgan fingerprint density at radius 1 is 1.13 bits per heavy atom. The van der Waals surface area contributed by atoms with Crippen molar-refractivity contribution in [3.63, 3.8) is 0 Å². The van der Waals surface area contributed by atoms with Gasteiger partial charge in [0.1, 0.15) is 5.69 Å². The van der Waals surface area contributed by atoms with Crippen molar-refractivity contribution in [2.45, 2.75) is 6.42 Å². The zero-order valence-corrected chi connectivity index (χ0v) is 11.9. The topological polar surface area (TPSA) is 104 Å². The Bertz CT molecular complexity index is 1070. The number of para-hydroxylation sites is 1. The van der Waals surface area contributed by atoms with Crippen molar-refractivity contribution in [3.05, 3.63) is 58.6 Å². The Balaban J connectivity index is 1.55. The first-order chi connectivity index (χ1) is 11.2. The molecule has 7 heteroatoms. The van der Waals surface area contributed by atoms with Crippen molar-refractivity contribution in [3.8, 4) is 0 Å². The Morgan fingerprint density at radius 2 is 1.96 bits per heavy atom. The molecule has 0 unspecified atom stereocenters. The molecule has 0 bridgehead atoms. The number of benzene rings is 2. The summed E-state index contributed by atoms with van der Waals surface area (Å²) in [7, 11) is 0. The number of carbonyl (C=O) groups excluding carboxylic acids is 1. The van der Waals surface area contributed by atoms with Gasteiger partial charge in [-0.25, -0.2) is 4.79 Å². The molecule has 4 aromatic rings. The Labute approximate surface area is 129 Å². The van der Waals surface area contributed by atoms with E-state index in [0.29, 0.717) is 28.0 Å². The lowest BCUT2D eigenvalue weighted by molar-refractivity contribution is -0.115. The maximum absolute atomic E-state index is 12.2. The number of aromatic amines is 2. The molecule has 7 nitrogen and oxygen atoms in total. The van der Waals surface area contributed by atoms with Gasteiger partial charge in [-0.15, -0.1) is 0 Å². The number of rotatable bonds is 3. The van der Waals surface area contributed by atoms with Crippen molar-refractivity contribution in [1.29, 1.82) is 0 Å². The van der Waals surface area contributed by atoms with E-state index in [9.17, 15) is 9.59 Å². The Kier molecular flexibility index (Phi) is 2.97. The summed E-state index contributed by atoms with van der Waals surface area (Å²) in [5.74, 6) is -0.207. The molecular weight excluding hydrogens is 296 g/mol. The van der Waals surface area contributed by atoms with E-state index in [-0.39, 0.29) is 18.0 Å². The highest BCUT2D eigenvalue weighted by atomic mass is 16.5. The summed E-state index contributed by atoms with van der Waals surface area (Å²) < 4.78 is 5.19. The average Bonchev–Trinajstić information content (AvgIpc) is 3.10. The van der Waals surface area contributed by atoms with Gasteiger partial charge < -0.3 is 19.8 Å². The molecule has 23 heavy (non-hydrogen) atoms. The summed E-state index contributed by atoms with van der Waals surface area (Å²) in [4.78, 5) is 28.7. The summed E-state index contributed by atoms with van der Waals surface area (Å²) in [6.07, 6.45) is 0.110. The molecule has 114 valence electrons. The van der Waals surface area contributed by atoms with E-state index in [1.54, 1.807) is 24.3 Å². The van der Waals surface area contributed by atoms with Crippen LogP contribution in [-0.4, -0.2) is 21.0 Å². The number of hydrogen-bond donors (Lipinski definition) is 3. The van der Waals surface area contributed by atoms with Gasteiger partial charge in [0, 0.05) is 11.1 Å². The third kappa shape index (κ3) is 2.48. The number of nitrogens with zero attached hydrogens (tertiary/aromatic N) is 1. The minimum atomic E-state index is -0.280. The molecule has 0 aliphatic carbocycles. The zero-order valence-electron chi connectivity index (χ0n) is 11.9.